The topological polar surface area (TPSA) is 60.2 Å². The highest BCUT2D eigenvalue weighted by Crippen LogP contribution is 2.26. The van der Waals surface area contributed by atoms with Crippen LogP contribution in [0, 0.1) is 0 Å². The van der Waals surface area contributed by atoms with E-state index in [1.807, 2.05) is 6.07 Å². The highest BCUT2D eigenvalue weighted by Gasteiger charge is 2.32. The summed E-state index contributed by atoms with van der Waals surface area (Å²) in [5, 5.41) is 7.54. The Labute approximate surface area is 143 Å². The van der Waals surface area contributed by atoms with E-state index in [0.717, 1.165) is 38.1 Å². The molecule has 2 heterocycles. The summed E-state index contributed by atoms with van der Waals surface area (Å²) in [4.78, 5) is 4.56. The molecule has 1 aliphatic rings. The summed E-state index contributed by atoms with van der Waals surface area (Å²) in [5.74, 6) is 1.48. The number of hydrogen-bond donors (Lipinski definition) is 1. The van der Waals surface area contributed by atoms with Crippen molar-refractivity contribution in [1.29, 1.82) is 0 Å². The van der Waals surface area contributed by atoms with Crippen molar-refractivity contribution in [2.45, 2.75) is 64.2 Å². The molecule has 0 radical (unpaired) electrons. The van der Waals surface area contributed by atoms with E-state index in [9.17, 15) is 0 Å². The Bertz CT molecular complexity index is 634. The number of rotatable bonds is 6. The number of ether oxygens (including phenoxy) is 1. The Hall–Kier alpha value is -1.72. The zero-order chi connectivity index (χ0) is 17.0. The maximum absolute atomic E-state index is 6.02. The fourth-order valence-corrected chi connectivity index (χ4v) is 3.09. The Balaban J connectivity index is 1.47. The lowest BCUT2D eigenvalue weighted by Crippen LogP contribution is -2.28. The molecule has 1 aromatic carbocycles. The molecule has 0 amide bonds. The summed E-state index contributed by atoms with van der Waals surface area (Å²) in [6.45, 7) is 7.07. The van der Waals surface area contributed by atoms with Crippen molar-refractivity contribution in [1.82, 2.24) is 15.5 Å². The molecule has 0 bridgehead atoms. The Morgan fingerprint density at radius 3 is 2.75 bits per heavy atom. The quantitative estimate of drug-likeness (QED) is 0.879. The third kappa shape index (κ3) is 4.89. The van der Waals surface area contributed by atoms with Crippen LogP contribution in [-0.4, -0.2) is 28.4 Å². The average Bonchev–Trinajstić information content (AvgIpc) is 3.16. The maximum Gasteiger partial charge on any atom is 0.243 e. The fourth-order valence-electron chi connectivity index (χ4n) is 3.09. The highest BCUT2D eigenvalue weighted by atomic mass is 16.5. The molecule has 5 heteroatoms. The summed E-state index contributed by atoms with van der Waals surface area (Å²) < 4.78 is 11.5. The van der Waals surface area contributed by atoms with Crippen molar-refractivity contribution in [2.24, 2.45) is 0 Å². The van der Waals surface area contributed by atoms with Gasteiger partial charge < -0.3 is 14.6 Å². The van der Waals surface area contributed by atoms with E-state index >= 15 is 0 Å². The second-order valence-corrected chi connectivity index (χ2v) is 7.44. The van der Waals surface area contributed by atoms with Crippen LogP contribution in [0.25, 0.3) is 0 Å². The number of aryl methyl sites for hydroxylation is 2. The summed E-state index contributed by atoms with van der Waals surface area (Å²) in [6, 6.07) is 10.6. The number of nitrogens with zero attached hydrogens (tertiary/aromatic N) is 2. The summed E-state index contributed by atoms with van der Waals surface area (Å²) in [7, 11) is 0. The second-order valence-electron chi connectivity index (χ2n) is 7.44. The lowest BCUT2D eigenvalue weighted by molar-refractivity contribution is -0.0512. The molecule has 0 aliphatic carbocycles. The van der Waals surface area contributed by atoms with Crippen LogP contribution >= 0.6 is 0 Å². The summed E-state index contributed by atoms with van der Waals surface area (Å²) in [6.07, 6.45) is 3.98. The monoisotopic (exact) mass is 329 g/mol. The second kappa shape index (κ2) is 7.45. The van der Waals surface area contributed by atoms with E-state index in [0.29, 0.717) is 5.89 Å². The van der Waals surface area contributed by atoms with Crippen LogP contribution in [0.4, 0.5) is 0 Å². The van der Waals surface area contributed by atoms with Gasteiger partial charge in [0.05, 0.1) is 17.7 Å². The Morgan fingerprint density at radius 1 is 1.21 bits per heavy atom. The van der Waals surface area contributed by atoms with Gasteiger partial charge in [0.1, 0.15) is 0 Å². The van der Waals surface area contributed by atoms with Crippen LogP contribution in [0.15, 0.2) is 34.9 Å². The number of hydrogen-bond acceptors (Lipinski definition) is 5. The van der Waals surface area contributed by atoms with Gasteiger partial charge in [0.2, 0.25) is 5.89 Å². The van der Waals surface area contributed by atoms with Gasteiger partial charge in [0.25, 0.3) is 0 Å². The minimum Gasteiger partial charge on any atom is -0.371 e. The molecule has 1 aromatic heterocycles. The normalized spacial score (nSPS) is 21.3. The van der Waals surface area contributed by atoms with Crippen LogP contribution in [-0.2, 0) is 17.6 Å². The molecule has 5 nitrogen and oxygen atoms in total. The minimum absolute atomic E-state index is 0.104. The van der Waals surface area contributed by atoms with E-state index in [1.54, 1.807) is 0 Å². The summed E-state index contributed by atoms with van der Waals surface area (Å²) in [5.41, 5.74) is 1.22. The first-order chi connectivity index (χ1) is 11.5. The molecule has 1 fully saturated rings. The van der Waals surface area contributed by atoms with Crippen molar-refractivity contribution in [3.8, 4) is 0 Å². The van der Waals surface area contributed by atoms with Crippen molar-refractivity contribution < 1.29 is 9.26 Å². The summed E-state index contributed by atoms with van der Waals surface area (Å²) >= 11 is 0. The Morgan fingerprint density at radius 2 is 2.00 bits per heavy atom. The molecule has 0 saturated carbocycles. The van der Waals surface area contributed by atoms with Gasteiger partial charge in [-0.05, 0) is 45.6 Å². The first kappa shape index (κ1) is 17.1. The molecule has 0 unspecified atom stereocenters. The zero-order valence-corrected chi connectivity index (χ0v) is 14.8. The molecule has 1 saturated heterocycles. The van der Waals surface area contributed by atoms with Gasteiger partial charge in [0, 0.05) is 13.0 Å². The third-order valence-corrected chi connectivity index (χ3v) is 4.10. The third-order valence-electron chi connectivity index (χ3n) is 4.10. The van der Waals surface area contributed by atoms with Gasteiger partial charge >= 0.3 is 0 Å². The van der Waals surface area contributed by atoms with Crippen LogP contribution in [0.1, 0.15) is 56.9 Å². The minimum atomic E-state index is -0.126. The molecule has 130 valence electrons. The van der Waals surface area contributed by atoms with E-state index in [4.69, 9.17) is 9.26 Å². The van der Waals surface area contributed by atoms with E-state index in [1.165, 1.54) is 5.56 Å². The molecule has 3 rings (SSSR count). The first-order valence-electron chi connectivity index (χ1n) is 8.77. The fraction of sp³-hybridized carbons (Fsp3) is 0.579. The maximum atomic E-state index is 6.02. The van der Waals surface area contributed by atoms with Gasteiger partial charge in [-0.1, -0.05) is 35.5 Å². The van der Waals surface area contributed by atoms with Gasteiger partial charge in [0.15, 0.2) is 5.82 Å². The standard InChI is InChI=1S/C19H27N3O2/c1-19(2,3)23-15-12-16(20-13-15)18-21-17(22-24-18)11-7-10-14-8-5-4-6-9-14/h4-6,8-9,15-16,20H,7,10-13H2,1-3H3/t15-,16-/m0/s1. The lowest BCUT2D eigenvalue weighted by Gasteiger charge is -2.24. The largest absolute Gasteiger partial charge is 0.371 e. The van der Waals surface area contributed by atoms with Crippen LogP contribution in [0.2, 0.25) is 0 Å². The molecular formula is C19H27N3O2. The van der Waals surface area contributed by atoms with Crippen molar-refractivity contribution in [3.63, 3.8) is 0 Å². The van der Waals surface area contributed by atoms with Crippen molar-refractivity contribution in [2.75, 3.05) is 6.54 Å². The van der Waals surface area contributed by atoms with Crippen molar-refractivity contribution >= 4 is 0 Å². The van der Waals surface area contributed by atoms with Gasteiger partial charge in [-0.25, -0.2) is 0 Å². The van der Waals surface area contributed by atoms with E-state index in [2.05, 4.69) is 60.5 Å². The number of nitrogens with one attached hydrogen (secondary N) is 1. The average molecular weight is 329 g/mol. The first-order valence-corrected chi connectivity index (χ1v) is 8.77. The van der Waals surface area contributed by atoms with Crippen molar-refractivity contribution in [3.05, 3.63) is 47.6 Å². The number of benzene rings is 1. The van der Waals surface area contributed by atoms with Crippen LogP contribution in [0.3, 0.4) is 0 Å². The van der Waals surface area contributed by atoms with Gasteiger partial charge in [-0.3, -0.25) is 0 Å². The van der Waals surface area contributed by atoms with E-state index < -0.39 is 0 Å². The van der Waals surface area contributed by atoms with Crippen LogP contribution < -0.4 is 5.32 Å². The Kier molecular flexibility index (Phi) is 5.31. The molecule has 2 aromatic rings. The molecular weight excluding hydrogens is 302 g/mol. The lowest BCUT2D eigenvalue weighted by atomic mass is 10.1. The smallest absolute Gasteiger partial charge is 0.243 e. The predicted octanol–water partition coefficient (Wildman–Crippen LogP) is 3.46. The SMILES string of the molecule is CC(C)(C)O[C@@H]1CN[C@H](c2nc(CCCc3ccccc3)no2)C1. The molecule has 2 atom stereocenters. The molecule has 1 aliphatic heterocycles. The molecule has 1 N–H and O–H groups in total. The zero-order valence-electron chi connectivity index (χ0n) is 14.8. The number of aromatic nitrogens is 2. The predicted molar refractivity (Wildman–Crippen MR) is 92.8 cm³/mol. The van der Waals surface area contributed by atoms with Gasteiger partial charge in [-0.15, -0.1) is 0 Å². The van der Waals surface area contributed by atoms with E-state index in [-0.39, 0.29) is 17.7 Å². The van der Waals surface area contributed by atoms with Crippen LogP contribution in [0.5, 0.6) is 0 Å². The molecule has 24 heavy (non-hydrogen) atoms. The van der Waals surface area contributed by atoms with Gasteiger partial charge in [-0.2, -0.15) is 4.98 Å². The highest BCUT2D eigenvalue weighted by molar-refractivity contribution is 5.14. The molecule has 0 spiro atoms.